The minimum atomic E-state index is 0.0192. The number of amides is 1. The van der Waals surface area contributed by atoms with Crippen LogP contribution >= 0.6 is 0 Å². The fourth-order valence-corrected chi connectivity index (χ4v) is 4.52. The lowest BCUT2D eigenvalue weighted by atomic mass is 9.99. The molecule has 0 unspecified atom stereocenters. The molecule has 3 heterocycles. The Kier molecular flexibility index (Phi) is 5.60. The quantitative estimate of drug-likeness (QED) is 0.800. The molecule has 148 valence electrons. The van der Waals surface area contributed by atoms with E-state index >= 15 is 0 Å². The molecule has 2 aliphatic rings. The Hall–Kier alpha value is -2.43. The fraction of sp³-hybridized carbons (Fsp3) is 0.522. The number of carbonyl (C=O) groups is 1. The van der Waals surface area contributed by atoms with Crippen molar-refractivity contribution in [1.29, 1.82) is 0 Å². The van der Waals surface area contributed by atoms with Crippen LogP contribution in [0.15, 0.2) is 30.3 Å². The first kappa shape index (κ1) is 18.9. The summed E-state index contributed by atoms with van der Waals surface area (Å²) in [5.41, 5.74) is 3.65. The average Bonchev–Trinajstić information content (AvgIpc) is 2.74. The van der Waals surface area contributed by atoms with Gasteiger partial charge in [-0.1, -0.05) is 37.3 Å². The number of hydrogen-bond donors (Lipinski definition) is 0. The molecule has 1 aromatic carbocycles. The molecule has 0 N–H and O–H groups in total. The maximum Gasteiger partial charge on any atom is 0.222 e. The van der Waals surface area contributed by atoms with Gasteiger partial charge in [-0.25, -0.2) is 9.97 Å². The van der Waals surface area contributed by atoms with Crippen molar-refractivity contribution < 1.29 is 4.79 Å². The van der Waals surface area contributed by atoms with E-state index in [4.69, 9.17) is 9.97 Å². The smallest absolute Gasteiger partial charge is 0.222 e. The van der Waals surface area contributed by atoms with Gasteiger partial charge in [-0.05, 0) is 44.6 Å². The SMILES string of the molecule is CCC(=O)N1CCCC[C@@H]1c1nc(C)c2c(n1)N(Cc1ccccc1)CCC2. The molecular weight excluding hydrogens is 348 g/mol. The average molecular weight is 379 g/mol. The largest absolute Gasteiger partial charge is 0.352 e. The van der Waals surface area contributed by atoms with Crippen LogP contribution in [0.2, 0.25) is 0 Å². The van der Waals surface area contributed by atoms with Gasteiger partial charge in [-0.15, -0.1) is 0 Å². The van der Waals surface area contributed by atoms with Gasteiger partial charge < -0.3 is 9.80 Å². The van der Waals surface area contributed by atoms with Crippen molar-refractivity contribution in [1.82, 2.24) is 14.9 Å². The highest BCUT2D eigenvalue weighted by Gasteiger charge is 2.31. The first-order chi connectivity index (χ1) is 13.7. The zero-order chi connectivity index (χ0) is 19.5. The highest BCUT2D eigenvalue weighted by molar-refractivity contribution is 5.76. The summed E-state index contributed by atoms with van der Waals surface area (Å²) in [5, 5.41) is 0. The summed E-state index contributed by atoms with van der Waals surface area (Å²) in [7, 11) is 0. The minimum Gasteiger partial charge on any atom is -0.352 e. The first-order valence-electron chi connectivity index (χ1n) is 10.6. The second-order valence-corrected chi connectivity index (χ2v) is 7.93. The molecule has 1 saturated heterocycles. The Morgan fingerprint density at radius 1 is 1.11 bits per heavy atom. The molecule has 5 nitrogen and oxygen atoms in total. The monoisotopic (exact) mass is 378 g/mol. The Balaban J connectivity index is 1.68. The van der Waals surface area contributed by atoms with Crippen molar-refractivity contribution in [3.63, 3.8) is 0 Å². The van der Waals surface area contributed by atoms with Gasteiger partial charge in [0, 0.05) is 37.3 Å². The molecule has 1 aromatic heterocycles. The van der Waals surface area contributed by atoms with Crippen LogP contribution < -0.4 is 4.90 Å². The molecule has 0 radical (unpaired) electrons. The van der Waals surface area contributed by atoms with Crippen molar-refractivity contribution in [3.05, 3.63) is 53.0 Å². The van der Waals surface area contributed by atoms with Crippen molar-refractivity contribution in [3.8, 4) is 0 Å². The van der Waals surface area contributed by atoms with Crippen LogP contribution in [-0.2, 0) is 17.8 Å². The predicted octanol–water partition coefficient (Wildman–Crippen LogP) is 4.20. The van der Waals surface area contributed by atoms with Crippen molar-refractivity contribution in [2.45, 2.75) is 65.0 Å². The lowest BCUT2D eigenvalue weighted by molar-refractivity contribution is -0.134. The number of hydrogen-bond acceptors (Lipinski definition) is 4. The van der Waals surface area contributed by atoms with E-state index in [2.05, 4.69) is 42.2 Å². The van der Waals surface area contributed by atoms with Gasteiger partial charge in [-0.2, -0.15) is 0 Å². The van der Waals surface area contributed by atoms with Crippen LogP contribution in [0, 0.1) is 6.92 Å². The van der Waals surface area contributed by atoms with Crippen LogP contribution in [0.4, 0.5) is 5.82 Å². The number of aryl methyl sites for hydroxylation is 1. The third-order valence-corrected chi connectivity index (χ3v) is 6.00. The van der Waals surface area contributed by atoms with Crippen LogP contribution in [0.1, 0.15) is 67.7 Å². The number of fused-ring (bicyclic) bond motifs is 1. The summed E-state index contributed by atoms with van der Waals surface area (Å²) in [6.45, 7) is 6.75. The molecule has 1 fully saturated rings. The molecule has 28 heavy (non-hydrogen) atoms. The summed E-state index contributed by atoms with van der Waals surface area (Å²) >= 11 is 0. The van der Waals surface area contributed by atoms with Crippen molar-refractivity contribution in [2.24, 2.45) is 0 Å². The van der Waals surface area contributed by atoms with Crippen LogP contribution in [0.3, 0.4) is 0 Å². The van der Waals surface area contributed by atoms with E-state index in [1.54, 1.807) is 0 Å². The number of nitrogens with zero attached hydrogens (tertiary/aromatic N) is 4. The molecule has 1 amide bonds. The fourth-order valence-electron chi connectivity index (χ4n) is 4.52. The summed E-state index contributed by atoms with van der Waals surface area (Å²) in [5.74, 6) is 2.12. The third kappa shape index (κ3) is 3.75. The lowest BCUT2D eigenvalue weighted by Crippen LogP contribution is -2.39. The number of likely N-dealkylation sites (tertiary alicyclic amines) is 1. The topological polar surface area (TPSA) is 49.3 Å². The molecule has 2 aromatic rings. The van der Waals surface area contributed by atoms with E-state index in [1.807, 2.05) is 11.8 Å². The Morgan fingerprint density at radius 3 is 2.71 bits per heavy atom. The predicted molar refractivity (Wildman–Crippen MR) is 111 cm³/mol. The number of carbonyl (C=O) groups excluding carboxylic acids is 1. The van der Waals surface area contributed by atoms with Crippen molar-refractivity contribution in [2.75, 3.05) is 18.0 Å². The normalized spacial score (nSPS) is 19.4. The molecule has 0 spiro atoms. The summed E-state index contributed by atoms with van der Waals surface area (Å²) in [4.78, 5) is 26.8. The number of aromatic nitrogens is 2. The minimum absolute atomic E-state index is 0.0192. The maximum atomic E-state index is 12.5. The van der Waals surface area contributed by atoms with E-state index < -0.39 is 0 Å². The second-order valence-electron chi connectivity index (χ2n) is 7.93. The first-order valence-corrected chi connectivity index (χ1v) is 10.6. The number of benzene rings is 1. The standard InChI is InChI=1S/C23H30N4O/c1-3-21(28)27-15-8-7-13-20(27)22-24-17(2)19-12-9-14-26(23(19)25-22)16-18-10-5-4-6-11-18/h4-6,10-11,20H,3,7-9,12-16H2,1-2H3/t20-/m1/s1. The van der Waals surface area contributed by atoms with E-state index in [-0.39, 0.29) is 11.9 Å². The highest BCUT2D eigenvalue weighted by Crippen LogP contribution is 2.34. The summed E-state index contributed by atoms with van der Waals surface area (Å²) in [6, 6.07) is 10.6. The van der Waals surface area contributed by atoms with Gasteiger partial charge in [0.2, 0.25) is 5.91 Å². The van der Waals surface area contributed by atoms with E-state index in [0.29, 0.717) is 6.42 Å². The van der Waals surface area contributed by atoms with Crippen molar-refractivity contribution >= 4 is 11.7 Å². The van der Waals surface area contributed by atoms with Crippen LogP contribution in [0.25, 0.3) is 0 Å². The van der Waals surface area contributed by atoms with Gasteiger partial charge >= 0.3 is 0 Å². The summed E-state index contributed by atoms with van der Waals surface area (Å²) in [6.07, 6.45) is 5.88. The molecule has 0 saturated carbocycles. The van der Waals surface area contributed by atoms with Gasteiger partial charge in [0.25, 0.3) is 0 Å². The van der Waals surface area contributed by atoms with Crippen LogP contribution in [-0.4, -0.2) is 33.9 Å². The zero-order valence-electron chi connectivity index (χ0n) is 17.0. The number of anilines is 1. The third-order valence-electron chi connectivity index (χ3n) is 6.00. The van der Waals surface area contributed by atoms with E-state index in [9.17, 15) is 4.79 Å². The number of rotatable bonds is 4. The Morgan fingerprint density at radius 2 is 1.93 bits per heavy atom. The van der Waals surface area contributed by atoms with Gasteiger partial charge in [0.15, 0.2) is 5.82 Å². The summed E-state index contributed by atoms with van der Waals surface area (Å²) < 4.78 is 0. The van der Waals surface area contributed by atoms with Gasteiger partial charge in [0.05, 0.1) is 6.04 Å². The Labute approximate surface area is 167 Å². The van der Waals surface area contributed by atoms with Gasteiger partial charge in [0.1, 0.15) is 5.82 Å². The van der Waals surface area contributed by atoms with E-state index in [0.717, 1.165) is 69.1 Å². The second kappa shape index (κ2) is 8.29. The van der Waals surface area contributed by atoms with Crippen LogP contribution in [0.5, 0.6) is 0 Å². The highest BCUT2D eigenvalue weighted by atomic mass is 16.2. The molecule has 0 aliphatic carbocycles. The van der Waals surface area contributed by atoms with Gasteiger partial charge in [-0.3, -0.25) is 4.79 Å². The Bertz CT molecular complexity index is 836. The van der Waals surface area contributed by atoms with E-state index in [1.165, 1.54) is 11.1 Å². The maximum absolute atomic E-state index is 12.5. The number of piperidine rings is 1. The molecule has 1 atom stereocenters. The molecule has 5 heteroatoms. The molecule has 4 rings (SSSR count). The molecule has 0 bridgehead atoms. The zero-order valence-corrected chi connectivity index (χ0v) is 17.0. The lowest BCUT2D eigenvalue weighted by Gasteiger charge is -2.36. The molecular formula is C23H30N4O. The molecule has 2 aliphatic heterocycles.